The SMILES string of the molecule is Cc1ccc(C)c(Oc2cc(NC(=O)Cn3nc(C(F)(F)F)cc3C3CC3)cc([N+](=O)[O-])c2)c1. The molecule has 1 aromatic heterocycles. The first-order chi connectivity index (χ1) is 16.0. The molecule has 1 aliphatic rings. The van der Waals surface area contributed by atoms with Gasteiger partial charge in [-0.3, -0.25) is 19.6 Å². The van der Waals surface area contributed by atoms with Crippen LogP contribution in [0.5, 0.6) is 11.5 Å². The second kappa shape index (κ2) is 8.81. The number of carbonyl (C=O) groups excluding carboxylic acids is 1. The van der Waals surface area contributed by atoms with E-state index in [4.69, 9.17) is 4.74 Å². The van der Waals surface area contributed by atoms with Crippen LogP contribution in [0.15, 0.2) is 42.5 Å². The normalized spacial score (nSPS) is 13.6. The number of nitrogens with zero attached hydrogens (tertiary/aromatic N) is 3. The lowest BCUT2D eigenvalue weighted by atomic mass is 10.1. The van der Waals surface area contributed by atoms with Crippen LogP contribution in [0.3, 0.4) is 0 Å². The van der Waals surface area contributed by atoms with Crippen LogP contribution < -0.4 is 10.1 Å². The molecule has 4 rings (SSSR count). The topological polar surface area (TPSA) is 99.3 Å². The van der Waals surface area contributed by atoms with Gasteiger partial charge in [-0.2, -0.15) is 18.3 Å². The Kier molecular flexibility index (Phi) is 6.03. The Hall–Kier alpha value is -3.89. The number of hydrogen-bond donors (Lipinski definition) is 1. The molecule has 34 heavy (non-hydrogen) atoms. The minimum Gasteiger partial charge on any atom is -0.457 e. The van der Waals surface area contributed by atoms with Gasteiger partial charge >= 0.3 is 6.18 Å². The van der Waals surface area contributed by atoms with Gasteiger partial charge in [-0.1, -0.05) is 12.1 Å². The van der Waals surface area contributed by atoms with Crippen LogP contribution in [0.1, 0.15) is 41.3 Å². The summed E-state index contributed by atoms with van der Waals surface area (Å²) in [5, 5.41) is 17.5. The predicted octanol–water partition coefficient (Wildman–Crippen LogP) is 5.74. The third-order valence-electron chi connectivity index (χ3n) is 5.35. The fraction of sp³-hybridized carbons (Fsp3) is 0.304. The highest BCUT2D eigenvalue weighted by atomic mass is 19.4. The number of carbonyl (C=O) groups is 1. The third kappa shape index (κ3) is 5.36. The van der Waals surface area contributed by atoms with Crippen molar-refractivity contribution in [2.24, 2.45) is 0 Å². The number of rotatable bonds is 7. The first-order valence-corrected chi connectivity index (χ1v) is 10.5. The highest BCUT2D eigenvalue weighted by Gasteiger charge is 2.38. The van der Waals surface area contributed by atoms with E-state index >= 15 is 0 Å². The molecule has 1 amide bonds. The molecule has 0 spiro atoms. The van der Waals surface area contributed by atoms with E-state index in [0.717, 1.165) is 40.8 Å². The molecular formula is C23H21F3N4O4. The first kappa shape index (κ1) is 23.3. The zero-order valence-electron chi connectivity index (χ0n) is 18.3. The number of hydrogen-bond acceptors (Lipinski definition) is 5. The Labute approximate surface area is 192 Å². The Morgan fingerprint density at radius 3 is 2.59 bits per heavy atom. The quantitative estimate of drug-likeness (QED) is 0.348. The lowest BCUT2D eigenvalue weighted by Gasteiger charge is -2.12. The van der Waals surface area contributed by atoms with E-state index in [0.29, 0.717) is 11.4 Å². The zero-order valence-corrected chi connectivity index (χ0v) is 18.3. The van der Waals surface area contributed by atoms with Gasteiger partial charge in [-0.25, -0.2) is 0 Å². The van der Waals surface area contributed by atoms with Crippen LogP contribution in [-0.2, 0) is 17.5 Å². The number of aromatic nitrogens is 2. The van der Waals surface area contributed by atoms with Crippen molar-refractivity contribution in [1.82, 2.24) is 9.78 Å². The molecule has 3 aromatic rings. The number of nitro benzene ring substituents is 1. The minimum atomic E-state index is -4.62. The molecule has 8 nitrogen and oxygen atoms in total. The van der Waals surface area contributed by atoms with Gasteiger partial charge < -0.3 is 10.1 Å². The Balaban J connectivity index is 1.56. The number of amides is 1. The van der Waals surface area contributed by atoms with E-state index < -0.39 is 29.2 Å². The van der Waals surface area contributed by atoms with Gasteiger partial charge in [0.15, 0.2) is 5.69 Å². The average molecular weight is 474 g/mol. The molecule has 0 atom stereocenters. The number of ether oxygens (including phenoxy) is 1. The summed E-state index contributed by atoms with van der Waals surface area (Å²) in [5.41, 5.74) is 0.811. The smallest absolute Gasteiger partial charge is 0.435 e. The van der Waals surface area contributed by atoms with E-state index in [9.17, 15) is 28.1 Å². The van der Waals surface area contributed by atoms with Crippen molar-refractivity contribution in [3.63, 3.8) is 0 Å². The average Bonchev–Trinajstić information content (AvgIpc) is 3.49. The molecule has 0 radical (unpaired) electrons. The number of non-ortho nitro benzene ring substituents is 1. The monoisotopic (exact) mass is 474 g/mol. The van der Waals surface area contributed by atoms with E-state index in [1.54, 1.807) is 6.07 Å². The number of alkyl halides is 3. The molecule has 1 fully saturated rings. The Bertz CT molecular complexity index is 1270. The lowest BCUT2D eigenvalue weighted by molar-refractivity contribution is -0.384. The molecule has 0 bridgehead atoms. The second-order valence-electron chi connectivity index (χ2n) is 8.28. The van der Waals surface area contributed by atoms with Gasteiger partial charge in [0.25, 0.3) is 5.69 Å². The summed E-state index contributed by atoms with van der Waals surface area (Å²) in [4.78, 5) is 23.4. The maximum Gasteiger partial charge on any atom is 0.435 e. The first-order valence-electron chi connectivity index (χ1n) is 10.5. The predicted molar refractivity (Wildman–Crippen MR) is 117 cm³/mol. The molecule has 1 heterocycles. The van der Waals surface area contributed by atoms with Crippen molar-refractivity contribution in [1.29, 1.82) is 0 Å². The molecule has 1 N–H and O–H groups in total. The maximum atomic E-state index is 13.1. The van der Waals surface area contributed by atoms with Crippen molar-refractivity contribution >= 4 is 17.3 Å². The molecular weight excluding hydrogens is 453 g/mol. The van der Waals surface area contributed by atoms with Crippen molar-refractivity contribution in [3.05, 3.63) is 75.1 Å². The van der Waals surface area contributed by atoms with E-state index in [2.05, 4.69) is 10.4 Å². The summed E-state index contributed by atoms with van der Waals surface area (Å²) in [6.07, 6.45) is -3.16. The zero-order chi connectivity index (χ0) is 24.6. The molecule has 1 saturated carbocycles. The second-order valence-corrected chi connectivity index (χ2v) is 8.28. The molecule has 178 valence electrons. The number of benzene rings is 2. The summed E-state index contributed by atoms with van der Waals surface area (Å²) in [7, 11) is 0. The molecule has 11 heteroatoms. The Morgan fingerprint density at radius 2 is 1.94 bits per heavy atom. The van der Waals surface area contributed by atoms with E-state index in [1.807, 2.05) is 26.0 Å². The van der Waals surface area contributed by atoms with Gasteiger partial charge in [-0.05, 0) is 49.9 Å². The van der Waals surface area contributed by atoms with Gasteiger partial charge in [0, 0.05) is 23.7 Å². The number of nitrogens with one attached hydrogen (secondary N) is 1. The van der Waals surface area contributed by atoms with Crippen molar-refractivity contribution in [2.45, 2.75) is 45.3 Å². The van der Waals surface area contributed by atoms with E-state index in [-0.39, 0.29) is 23.0 Å². The molecule has 2 aromatic carbocycles. The number of halogens is 3. The summed E-state index contributed by atoms with van der Waals surface area (Å²) in [6.45, 7) is 3.24. The van der Waals surface area contributed by atoms with Crippen molar-refractivity contribution in [3.8, 4) is 11.5 Å². The summed E-state index contributed by atoms with van der Waals surface area (Å²) in [5.74, 6) is -0.0953. The fourth-order valence-electron chi connectivity index (χ4n) is 3.50. The molecule has 0 saturated heterocycles. The number of aryl methyl sites for hydroxylation is 2. The minimum absolute atomic E-state index is 0.0632. The maximum absolute atomic E-state index is 13.1. The summed E-state index contributed by atoms with van der Waals surface area (Å²) in [6, 6.07) is 10.3. The van der Waals surface area contributed by atoms with Crippen molar-refractivity contribution in [2.75, 3.05) is 5.32 Å². The standard InChI is InChI=1S/C23H21F3N4O4/c1-13-3-4-14(2)20(7-13)34-18-9-16(8-17(10-18)30(32)33)27-22(31)12-29-19(15-5-6-15)11-21(28-29)23(24,25)26/h3-4,7-11,15H,5-6,12H2,1-2H3,(H,27,31). The summed E-state index contributed by atoms with van der Waals surface area (Å²) < 4.78 is 46.1. The van der Waals surface area contributed by atoms with Gasteiger partial charge in [0.1, 0.15) is 18.0 Å². The highest BCUT2D eigenvalue weighted by molar-refractivity contribution is 5.91. The molecule has 0 aliphatic heterocycles. The van der Waals surface area contributed by atoms with Crippen molar-refractivity contribution < 1.29 is 27.6 Å². The van der Waals surface area contributed by atoms with Crippen LogP contribution in [-0.4, -0.2) is 20.6 Å². The lowest BCUT2D eigenvalue weighted by Crippen LogP contribution is -2.21. The highest BCUT2D eigenvalue weighted by Crippen LogP contribution is 2.42. The molecule has 1 aliphatic carbocycles. The largest absolute Gasteiger partial charge is 0.457 e. The van der Waals surface area contributed by atoms with Crippen LogP contribution in [0.25, 0.3) is 0 Å². The Morgan fingerprint density at radius 1 is 1.21 bits per heavy atom. The van der Waals surface area contributed by atoms with Gasteiger partial charge in [0.05, 0.1) is 16.7 Å². The fourth-order valence-corrected chi connectivity index (χ4v) is 3.50. The van der Waals surface area contributed by atoms with Crippen LogP contribution in [0.2, 0.25) is 0 Å². The summed E-state index contributed by atoms with van der Waals surface area (Å²) >= 11 is 0. The van der Waals surface area contributed by atoms with Crippen LogP contribution >= 0.6 is 0 Å². The van der Waals surface area contributed by atoms with Crippen LogP contribution in [0, 0.1) is 24.0 Å². The number of nitro groups is 1. The van der Waals surface area contributed by atoms with E-state index in [1.165, 1.54) is 12.1 Å². The van der Waals surface area contributed by atoms with Gasteiger partial charge in [0.2, 0.25) is 5.91 Å². The molecule has 0 unspecified atom stereocenters. The van der Waals surface area contributed by atoms with Crippen LogP contribution in [0.4, 0.5) is 24.5 Å². The third-order valence-corrected chi connectivity index (χ3v) is 5.35. The van der Waals surface area contributed by atoms with Gasteiger partial charge in [-0.15, -0.1) is 0 Å². The number of anilines is 1.